The first-order valence-electron chi connectivity index (χ1n) is 7.26. The Hall–Kier alpha value is -2.12. The third-order valence-corrected chi connectivity index (χ3v) is 4.31. The molecule has 3 rings (SSSR count). The topological polar surface area (TPSA) is 9.23 Å². The lowest BCUT2D eigenvalue weighted by molar-refractivity contribution is 0.0699. The van der Waals surface area contributed by atoms with Gasteiger partial charge in [-0.05, 0) is 30.2 Å². The Morgan fingerprint density at radius 3 is 1.62 bits per heavy atom. The molecule has 0 saturated heterocycles. The van der Waals surface area contributed by atoms with Crippen LogP contribution in [0, 0.1) is 0 Å². The van der Waals surface area contributed by atoms with Gasteiger partial charge in [0.1, 0.15) is 5.60 Å². The Balaban J connectivity index is 1.98. The van der Waals surface area contributed by atoms with Gasteiger partial charge in [0.05, 0.1) is 0 Å². The summed E-state index contributed by atoms with van der Waals surface area (Å²) < 4.78 is 5.82. The van der Waals surface area contributed by atoms with Crippen molar-refractivity contribution >= 4 is 0 Å². The molecule has 0 unspecified atom stereocenters. The lowest BCUT2D eigenvalue weighted by Crippen LogP contribution is -2.30. The van der Waals surface area contributed by atoms with E-state index in [0.29, 0.717) is 0 Å². The highest BCUT2D eigenvalue weighted by molar-refractivity contribution is 5.45. The van der Waals surface area contributed by atoms with Gasteiger partial charge in [-0.3, -0.25) is 0 Å². The molecule has 0 radical (unpaired) electrons. The molecule has 1 nitrogen and oxygen atoms in total. The van der Waals surface area contributed by atoms with Crippen molar-refractivity contribution in [2.75, 3.05) is 7.11 Å². The molecular formula is C20H20O. The Kier molecular flexibility index (Phi) is 3.52. The average Bonchev–Trinajstić information content (AvgIpc) is 2.58. The summed E-state index contributed by atoms with van der Waals surface area (Å²) in [6, 6.07) is 20.9. The van der Waals surface area contributed by atoms with E-state index in [1.807, 2.05) is 24.3 Å². The molecule has 0 atom stereocenters. The summed E-state index contributed by atoms with van der Waals surface area (Å²) in [6.45, 7) is 2.22. The lowest BCUT2D eigenvalue weighted by Gasteiger charge is -2.34. The molecule has 21 heavy (non-hydrogen) atoms. The van der Waals surface area contributed by atoms with E-state index < -0.39 is 5.60 Å². The van der Waals surface area contributed by atoms with Gasteiger partial charge < -0.3 is 4.74 Å². The number of hydrogen-bond acceptors (Lipinski definition) is 1. The molecule has 0 saturated carbocycles. The first kappa shape index (κ1) is 13.8. The smallest absolute Gasteiger partial charge is 0.129 e. The molecule has 1 aliphatic carbocycles. The van der Waals surface area contributed by atoms with Crippen molar-refractivity contribution in [1.82, 2.24) is 0 Å². The van der Waals surface area contributed by atoms with Crippen molar-refractivity contribution in [3.63, 3.8) is 0 Å². The van der Waals surface area contributed by atoms with Crippen LogP contribution in [0.5, 0.6) is 0 Å². The van der Waals surface area contributed by atoms with E-state index >= 15 is 0 Å². The molecule has 0 aliphatic heterocycles. The van der Waals surface area contributed by atoms with Gasteiger partial charge in [0.25, 0.3) is 0 Å². The zero-order chi connectivity index (χ0) is 14.8. The van der Waals surface area contributed by atoms with Gasteiger partial charge >= 0.3 is 0 Å². The molecule has 0 fully saturated rings. The van der Waals surface area contributed by atoms with E-state index in [1.54, 1.807) is 7.11 Å². The highest BCUT2D eigenvalue weighted by atomic mass is 16.5. The molecule has 0 amide bonds. The number of allylic oxidation sites excluding steroid dienone is 2. The van der Waals surface area contributed by atoms with Crippen molar-refractivity contribution < 1.29 is 4.74 Å². The summed E-state index contributed by atoms with van der Waals surface area (Å²) in [4.78, 5) is 0. The van der Waals surface area contributed by atoms with Crippen molar-refractivity contribution in [1.29, 1.82) is 0 Å². The highest BCUT2D eigenvalue weighted by Gasteiger charge is 2.33. The van der Waals surface area contributed by atoms with E-state index in [2.05, 4.69) is 67.6 Å². The summed E-state index contributed by atoms with van der Waals surface area (Å²) >= 11 is 0. The molecule has 1 heteroatoms. The Morgan fingerprint density at radius 2 is 1.14 bits per heavy atom. The second-order valence-corrected chi connectivity index (χ2v) is 5.68. The fourth-order valence-electron chi connectivity index (χ4n) is 2.84. The molecule has 2 aromatic carbocycles. The number of ether oxygens (including phenoxy) is 1. The predicted molar refractivity (Wildman–Crippen MR) is 87.2 cm³/mol. The van der Waals surface area contributed by atoms with Gasteiger partial charge in [-0.2, -0.15) is 0 Å². The summed E-state index contributed by atoms with van der Waals surface area (Å²) in [5.41, 5.74) is 1.89. The first-order valence-corrected chi connectivity index (χ1v) is 7.26. The van der Waals surface area contributed by atoms with Crippen LogP contribution in [0.3, 0.4) is 0 Å². The van der Waals surface area contributed by atoms with Gasteiger partial charge in [-0.1, -0.05) is 72.8 Å². The molecule has 0 bridgehead atoms. The Labute approximate surface area is 126 Å². The maximum atomic E-state index is 5.82. The minimum atomic E-state index is -0.463. The number of rotatable bonds is 3. The van der Waals surface area contributed by atoms with Crippen molar-refractivity contribution in [2.24, 2.45) is 0 Å². The fraction of sp³-hybridized carbons (Fsp3) is 0.200. The van der Waals surface area contributed by atoms with Crippen LogP contribution in [0.15, 0.2) is 85.0 Å². The second-order valence-electron chi connectivity index (χ2n) is 5.68. The third kappa shape index (κ3) is 2.45. The third-order valence-electron chi connectivity index (χ3n) is 4.31. The van der Waals surface area contributed by atoms with Crippen molar-refractivity contribution in [3.05, 3.63) is 96.1 Å². The van der Waals surface area contributed by atoms with Crippen LogP contribution in [0.25, 0.3) is 0 Å². The predicted octanol–water partition coefficient (Wildman–Crippen LogP) is 4.61. The summed E-state index contributed by atoms with van der Waals surface area (Å²) in [5.74, 6) is 0. The van der Waals surface area contributed by atoms with Gasteiger partial charge in [-0.15, -0.1) is 0 Å². The van der Waals surface area contributed by atoms with Gasteiger partial charge in [0, 0.05) is 12.5 Å². The quantitative estimate of drug-likeness (QED) is 0.744. The van der Waals surface area contributed by atoms with Crippen LogP contribution >= 0.6 is 0 Å². The van der Waals surface area contributed by atoms with E-state index in [-0.39, 0.29) is 5.41 Å². The molecular weight excluding hydrogens is 256 g/mol. The first-order chi connectivity index (χ1) is 10.2. The Morgan fingerprint density at radius 1 is 0.667 bits per heavy atom. The van der Waals surface area contributed by atoms with Crippen LogP contribution in [0.1, 0.15) is 18.1 Å². The number of benzene rings is 2. The van der Waals surface area contributed by atoms with Crippen LogP contribution in [-0.4, -0.2) is 7.11 Å². The molecule has 0 heterocycles. The molecule has 0 N–H and O–H groups in total. The summed E-state index contributed by atoms with van der Waals surface area (Å²) in [7, 11) is 1.76. The van der Waals surface area contributed by atoms with Crippen LogP contribution in [0.4, 0.5) is 0 Å². The zero-order valence-corrected chi connectivity index (χ0v) is 12.5. The molecule has 2 aromatic rings. The normalized spacial score (nSPS) is 27.7. The van der Waals surface area contributed by atoms with E-state index in [4.69, 9.17) is 4.74 Å². The van der Waals surface area contributed by atoms with Gasteiger partial charge in [0.15, 0.2) is 0 Å². The monoisotopic (exact) mass is 276 g/mol. The maximum Gasteiger partial charge on any atom is 0.129 e. The maximum absolute atomic E-state index is 5.82. The average molecular weight is 276 g/mol. The van der Waals surface area contributed by atoms with E-state index in [9.17, 15) is 0 Å². The SMILES string of the molecule is COC1(c2ccccc2)C=CC(C)(c2ccccc2)C=C1. The van der Waals surface area contributed by atoms with Crippen LogP contribution in [-0.2, 0) is 15.8 Å². The fourth-order valence-corrected chi connectivity index (χ4v) is 2.84. The minimum absolute atomic E-state index is 0.0852. The van der Waals surface area contributed by atoms with Gasteiger partial charge in [-0.25, -0.2) is 0 Å². The van der Waals surface area contributed by atoms with Crippen LogP contribution < -0.4 is 0 Å². The van der Waals surface area contributed by atoms with Crippen molar-refractivity contribution in [3.8, 4) is 0 Å². The molecule has 0 aromatic heterocycles. The standard InChI is InChI=1S/C20H20O/c1-19(17-9-5-3-6-10-17)13-15-20(21-2,16-14-19)18-11-7-4-8-12-18/h3-16H,1-2H3. The van der Waals surface area contributed by atoms with Crippen LogP contribution in [0.2, 0.25) is 0 Å². The minimum Gasteiger partial charge on any atom is -0.365 e. The second kappa shape index (κ2) is 5.34. The molecule has 106 valence electrons. The largest absolute Gasteiger partial charge is 0.365 e. The highest BCUT2D eigenvalue weighted by Crippen LogP contribution is 2.38. The number of hydrogen-bond donors (Lipinski definition) is 0. The molecule has 1 aliphatic rings. The Bertz CT molecular complexity index is 639. The van der Waals surface area contributed by atoms with Gasteiger partial charge in [0.2, 0.25) is 0 Å². The van der Waals surface area contributed by atoms with E-state index in [0.717, 1.165) is 5.56 Å². The van der Waals surface area contributed by atoms with Crippen molar-refractivity contribution in [2.45, 2.75) is 17.9 Å². The summed E-state index contributed by atoms with van der Waals surface area (Å²) in [6.07, 6.45) is 8.79. The molecule has 0 spiro atoms. The summed E-state index contributed by atoms with van der Waals surface area (Å²) in [5, 5.41) is 0. The number of methoxy groups -OCH3 is 1. The van der Waals surface area contributed by atoms with E-state index in [1.165, 1.54) is 5.56 Å². The zero-order valence-electron chi connectivity index (χ0n) is 12.5. The lowest BCUT2D eigenvalue weighted by atomic mass is 9.75.